The lowest BCUT2D eigenvalue weighted by molar-refractivity contribution is 0.596. The second kappa shape index (κ2) is 9.75. The lowest BCUT2D eigenvalue weighted by Crippen LogP contribution is -2.24. The topological polar surface area (TPSA) is 84.5 Å². The van der Waals surface area contributed by atoms with Crippen LogP contribution in [0.1, 0.15) is 11.1 Å². The van der Waals surface area contributed by atoms with Crippen molar-refractivity contribution in [1.29, 1.82) is 0 Å². The Labute approximate surface area is 190 Å². The lowest BCUT2D eigenvalue weighted by Gasteiger charge is -2.12. The van der Waals surface area contributed by atoms with Crippen LogP contribution in [0.3, 0.4) is 0 Å². The predicted molar refractivity (Wildman–Crippen MR) is 126 cm³/mol. The van der Waals surface area contributed by atoms with Gasteiger partial charge in [-0.05, 0) is 42.3 Å². The van der Waals surface area contributed by atoms with E-state index in [1.54, 1.807) is 37.3 Å². The van der Waals surface area contributed by atoms with Crippen molar-refractivity contribution in [2.45, 2.75) is 22.5 Å². The van der Waals surface area contributed by atoms with Gasteiger partial charge >= 0.3 is 0 Å². The van der Waals surface area contributed by atoms with E-state index < -0.39 is 10.0 Å². The summed E-state index contributed by atoms with van der Waals surface area (Å²) in [6, 6.07) is 19.7. The average molecular weight is 480 g/mol. The molecule has 9 heteroatoms. The molecule has 0 bridgehead atoms. The number of thioether (sulfide) groups is 1. The smallest absolute Gasteiger partial charge is 0.286 e. The van der Waals surface area contributed by atoms with Crippen molar-refractivity contribution in [2.75, 3.05) is 5.32 Å². The first kappa shape index (κ1) is 22.5. The molecule has 0 atom stereocenters. The van der Waals surface area contributed by atoms with Gasteiger partial charge in [-0.3, -0.25) is 0 Å². The van der Waals surface area contributed by atoms with E-state index in [9.17, 15) is 8.42 Å². The molecule has 0 saturated heterocycles. The van der Waals surface area contributed by atoms with Gasteiger partial charge in [-0.1, -0.05) is 65.7 Å². The molecule has 0 spiro atoms. The first-order chi connectivity index (χ1) is 14.3. The summed E-state index contributed by atoms with van der Waals surface area (Å²) >= 11 is 13.7. The number of para-hydroxylation sites is 1. The molecule has 156 valence electrons. The Kier molecular flexibility index (Phi) is 7.31. The van der Waals surface area contributed by atoms with Crippen LogP contribution >= 0.6 is 35.0 Å². The first-order valence-corrected chi connectivity index (χ1v) is 12.0. The maximum Gasteiger partial charge on any atom is 0.286 e. The molecule has 5 nitrogen and oxygen atoms in total. The minimum absolute atomic E-state index is 0.0502. The van der Waals surface area contributed by atoms with Crippen molar-refractivity contribution in [3.05, 3.63) is 87.9 Å². The van der Waals surface area contributed by atoms with Crippen LogP contribution in [-0.2, 0) is 15.8 Å². The summed E-state index contributed by atoms with van der Waals surface area (Å²) in [4.78, 5) is 0.554. The van der Waals surface area contributed by atoms with Crippen molar-refractivity contribution in [1.82, 2.24) is 0 Å². The van der Waals surface area contributed by atoms with Gasteiger partial charge in [0.05, 0.1) is 10.7 Å². The fourth-order valence-corrected chi connectivity index (χ4v) is 5.45. The van der Waals surface area contributed by atoms with Gasteiger partial charge in [0.25, 0.3) is 10.0 Å². The van der Waals surface area contributed by atoms with Crippen LogP contribution < -0.4 is 11.1 Å². The molecule has 0 amide bonds. The van der Waals surface area contributed by atoms with E-state index in [0.29, 0.717) is 31.9 Å². The van der Waals surface area contributed by atoms with Gasteiger partial charge in [0.2, 0.25) is 5.96 Å². The molecule has 3 rings (SSSR count). The van der Waals surface area contributed by atoms with Gasteiger partial charge in [0.1, 0.15) is 4.90 Å². The number of hydrogen-bond donors (Lipinski definition) is 2. The summed E-state index contributed by atoms with van der Waals surface area (Å²) in [6.45, 7) is 1.74. The molecule has 0 aromatic heterocycles. The normalized spacial score (nSPS) is 12.0. The Balaban J connectivity index is 1.92. The summed E-state index contributed by atoms with van der Waals surface area (Å²) < 4.78 is 29.8. The maximum atomic E-state index is 13.0. The summed E-state index contributed by atoms with van der Waals surface area (Å²) in [5, 5.41) is 3.60. The highest BCUT2D eigenvalue weighted by molar-refractivity contribution is 7.99. The van der Waals surface area contributed by atoms with Crippen LogP contribution in [0.25, 0.3) is 0 Å². The van der Waals surface area contributed by atoms with Crippen LogP contribution in [0.4, 0.5) is 5.69 Å². The highest BCUT2D eigenvalue weighted by Crippen LogP contribution is 2.34. The van der Waals surface area contributed by atoms with Crippen molar-refractivity contribution in [2.24, 2.45) is 10.1 Å². The fraction of sp³-hybridized carbons (Fsp3) is 0.0952. The van der Waals surface area contributed by atoms with Gasteiger partial charge in [0.15, 0.2) is 0 Å². The van der Waals surface area contributed by atoms with Gasteiger partial charge in [-0.15, -0.1) is 16.2 Å². The number of anilines is 1. The third-order valence-electron chi connectivity index (χ3n) is 4.10. The van der Waals surface area contributed by atoms with Gasteiger partial charge < -0.3 is 11.1 Å². The third-order valence-corrected chi connectivity index (χ3v) is 7.42. The Morgan fingerprint density at radius 3 is 2.40 bits per heavy atom. The zero-order valence-electron chi connectivity index (χ0n) is 16.0. The van der Waals surface area contributed by atoms with E-state index in [2.05, 4.69) is 9.71 Å². The van der Waals surface area contributed by atoms with E-state index in [-0.39, 0.29) is 10.9 Å². The molecule has 0 unspecified atom stereocenters. The van der Waals surface area contributed by atoms with Gasteiger partial charge in [0, 0.05) is 15.7 Å². The summed E-state index contributed by atoms with van der Waals surface area (Å²) in [5.74, 6) is 0.300. The predicted octanol–water partition coefficient (Wildman–Crippen LogP) is 5.71. The summed E-state index contributed by atoms with van der Waals surface area (Å²) in [6.07, 6.45) is 0. The monoisotopic (exact) mass is 479 g/mol. The molecule has 30 heavy (non-hydrogen) atoms. The molecular formula is C21H19Cl2N3O2S2. The van der Waals surface area contributed by atoms with Crippen molar-refractivity contribution in [3.8, 4) is 0 Å². The standard InChI is InChI=1S/C21H19Cl2N3O2S2/c1-14-11-20(19(12-17(14)23)29-13-15-7-3-2-4-8-15)30(27,28)26-21(24)25-18-10-6-5-9-16(18)22/h2-12H,13H2,1H3,(H3,24,25,26). The number of nitrogens with two attached hydrogens (primary N) is 1. The highest BCUT2D eigenvalue weighted by atomic mass is 35.5. The number of nitrogens with zero attached hydrogens (tertiary/aromatic N) is 1. The quantitative estimate of drug-likeness (QED) is 0.268. The molecule has 0 aliphatic carbocycles. The van der Waals surface area contributed by atoms with Gasteiger partial charge in [-0.2, -0.15) is 8.42 Å². The molecular weight excluding hydrogens is 461 g/mol. The molecule has 3 aromatic rings. The minimum Gasteiger partial charge on any atom is -0.369 e. The number of hydrogen-bond acceptors (Lipinski definition) is 3. The van der Waals surface area contributed by atoms with Crippen molar-refractivity contribution in [3.63, 3.8) is 0 Å². The second-order valence-electron chi connectivity index (χ2n) is 6.38. The van der Waals surface area contributed by atoms with E-state index in [1.807, 2.05) is 30.3 Å². The number of guanidine groups is 1. The molecule has 0 aliphatic rings. The van der Waals surface area contributed by atoms with E-state index in [0.717, 1.165) is 5.56 Å². The zero-order valence-corrected chi connectivity index (χ0v) is 19.1. The Bertz CT molecular complexity index is 1180. The zero-order chi connectivity index (χ0) is 21.7. The van der Waals surface area contributed by atoms with E-state index >= 15 is 0 Å². The van der Waals surface area contributed by atoms with Crippen molar-refractivity contribution < 1.29 is 8.42 Å². The minimum atomic E-state index is -4.09. The number of sulfonamides is 1. The molecule has 0 fully saturated rings. The SMILES string of the molecule is Cc1cc(S(=O)(=O)/N=C(\N)Nc2ccccc2Cl)c(SCc2ccccc2)cc1Cl. The Hall–Kier alpha value is -2.19. The number of benzene rings is 3. The number of rotatable bonds is 6. The summed E-state index contributed by atoms with van der Waals surface area (Å²) in [5.41, 5.74) is 8.00. The second-order valence-corrected chi connectivity index (χ2v) is 9.78. The molecule has 0 heterocycles. The van der Waals surface area contributed by atoms with Crippen LogP contribution in [0.5, 0.6) is 0 Å². The first-order valence-electron chi connectivity index (χ1n) is 8.85. The highest BCUT2D eigenvalue weighted by Gasteiger charge is 2.21. The van der Waals surface area contributed by atoms with E-state index in [4.69, 9.17) is 28.9 Å². The Morgan fingerprint density at radius 1 is 1.03 bits per heavy atom. The number of aryl methyl sites for hydroxylation is 1. The fourth-order valence-electron chi connectivity index (χ4n) is 2.59. The van der Waals surface area contributed by atoms with Crippen LogP contribution in [0, 0.1) is 6.92 Å². The largest absolute Gasteiger partial charge is 0.369 e. The molecule has 0 aliphatic heterocycles. The van der Waals surface area contributed by atoms with Crippen LogP contribution in [0.15, 0.2) is 80.9 Å². The van der Waals surface area contributed by atoms with Gasteiger partial charge in [-0.25, -0.2) is 0 Å². The van der Waals surface area contributed by atoms with Crippen LogP contribution in [0.2, 0.25) is 10.0 Å². The maximum absolute atomic E-state index is 13.0. The van der Waals surface area contributed by atoms with E-state index in [1.165, 1.54) is 17.8 Å². The average Bonchev–Trinajstić information content (AvgIpc) is 2.70. The van der Waals surface area contributed by atoms with Crippen molar-refractivity contribution >= 4 is 56.6 Å². The lowest BCUT2D eigenvalue weighted by atomic mass is 10.2. The molecule has 0 saturated carbocycles. The summed E-state index contributed by atoms with van der Waals surface area (Å²) in [7, 11) is -4.09. The molecule has 0 radical (unpaired) electrons. The number of nitrogens with one attached hydrogen (secondary N) is 1. The van der Waals surface area contributed by atoms with Crippen LogP contribution in [-0.4, -0.2) is 14.4 Å². The Morgan fingerprint density at radius 2 is 1.70 bits per heavy atom. The molecule has 3 N–H and O–H groups in total. The molecule has 3 aromatic carbocycles. The third kappa shape index (κ3) is 5.70. The number of halogens is 2.